The fourth-order valence-electron chi connectivity index (χ4n) is 3.08. The largest absolute Gasteiger partial charge is 0.355 e. The van der Waals surface area contributed by atoms with Crippen LogP contribution in [0.2, 0.25) is 0 Å². The predicted molar refractivity (Wildman–Crippen MR) is 74.1 cm³/mol. The quantitative estimate of drug-likeness (QED) is 0.597. The lowest BCUT2D eigenvalue weighted by Gasteiger charge is -2.34. The topological polar surface area (TPSA) is 18.5 Å². The summed E-state index contributed by atoms with van der Waals surface area (Å²) >= 11 is 38.5. The number of ether oxygens (including phenoxy) is 2. The Morgan fingerprint density at radius 3 is 1.61 bits per heavy atom. The van der Waals surface area contributed by atoms with E-state index in [-0.39, 0.29) is 28.7 Å². The number of allylic oxidation sites excluding steroid dienone is 2. The minimum atomic E-state index is -1.50. The molecule has 102 valence electrons. The highest BCUT2D eigenvalue weighted by Gasteiger charge is 2.82. The molecule has 2 bridgehead atoms. The van der Waals surface area contributed by atoms with Crippen molar-refractivity contribution in [1.82, 2.24) is 0 Å². The maximum Gasteiger partial charge on any atom is 0.167 e. The average molecular weight is 373 g/mol. The molecule has 0 aromatic carbocycles. The van der Waals surface area contributed by atoms with E-state index in [4.69, 9.17) is 79.1 Å². The third-order valence-corrected chi connectivity index (χ3v) is 8.36. The summed E-state index contributed by atoms with van der Waals surface area (Å²) in [5.41, 5.74) is 0. The molecule has 1 heterocycles. The van der Waals surface area contributed by atoms with E-state index < -0.39 is 14.1 Å². The molecule has 1 saturated heterocycles. The molecule has 0 unspecified atom stereocenters. The normalized spacial score (nSPS) is 50.3. The first kappa shape index (κ1) is 14.3. The molecule has 0 N–H and O–H groups in total. The van der Waals surface area contributed by atoms with Gasteiger partial charge in [-0.15, -0.1) is 23.2 Å². The van der Waals surface area contributed by atoms with Crippen LogP contribution in [0.3, 0.4) is 0 Å². The van der Waals surface area contributed by atoms with Gasteiger partial charge in [-0.3, -0.25) is 0 Å². The molecule has 0 aromatic rings. The van der Waals surface area contributed by atoms with E-state index in [1.165, 1.54) is 0 Å². The van der Waals surface area contributed by atoms with E-state index in [9.17, 15) is 0 Å². The molecule has 1 aliphatic heterocycles. The summed E-state index contributed by atoms with van der Waals surface area (Å²) in [6.07, 6.45) is 0. The highest BCUT2D eigenvalue weighted by Crippen LogP contribution is 2.76. The Hall–Kier alpha value is 1.40. The van der Waals surface area contributed by atoms with E-state index >= 15 is 0 Å². The second kappa shape index (κ2) is 4.20. The molecule has 0 aromatic heterocycles. The summed E-state index contributed by atoms with van der Waals surface area (Å²) in [6, 6.07) is 0. The first-order valence-corrected chi connectivity index (χ1v) is 7.53. The third-order valence-electron chi connectivity index (χ3n) is 4.01. The van der Waals surface area contributed by atoms with Gasteiger partial charge in [-0.1, -0.05) is 46.4 Å². The lowest BCUT2D eigenvalue weighted by atomic mass is 9.83. The summed E-state index contributed by atoms with van der Waals surface area (Å²) in [4.78, 5) is -2.48. The molecule has 2 nitrogen and oxygen atoms in total. The van der Waals surface area contributed by atoms with Crippen molar-refractivity contribution in [3.63, 3.8) is 0 Å². The van der Waals surface area contributed by atoms with Gasteiger partial charge in [-0.05, 0) is 0 Å². The summed E-state index contributed by atoms with van der Waals surface area (Å²) in [5, 5.41) is 0.412. The van der Waals surface area contributed by atoms with E-state index in [0.717, 1.165) is 0 Å². The van der Waals surface area contributed by atoms with Gasteiger partial charge in [0.25, 0.3) is 0 Å². The SMILES string of the molecule is ClC1=C(Cl)[C@@]2(Cl)[C@@H]3COCOC[C@H]3[C@@]1(Cl)C2(Cl)Cl. The van der Waals surface area contributed by atoms with Gasteiger partial charge >= 0.3 is 0 Å². The summed E-state index contributed by atoms with van der Waals surface area (Å²) < 4.78 is 9.18. The molecule has 3 rings (SSSR count). The average Bonchev–Trinajstić information content (AvgIpc) is 2.60. The lowest BCUT2D eigenvalue weighted by molar-refractivity contribution is -0.0400. The number of halogens is 6. The van der Waals surface area contributed by atoms with Crippen molar-refractivity contribution in [2.24, 2.45) is 11.8 Å². The smallest absolute Gasteiger partial charge is 0.167 e. The molecule has 0 spiro atoms. The molecular formula is C10H8Cl6O2. The van der Waals surface area contributed by atoms with Gasteiger partial charge < -0.3 is 9.47 Å². The predicted octanol–water partition coefficient (Wildman–Crippen LogP) is 4.07. The number of hydrogen-bond donors (Lipinski definition) is 0. The maximum atomic E-state index is 6.61. The Balaban J connectivity index is 2.21. The van der Waals surface area contributed by atoms with E-state index in [1.807, 2.05) is 0 Å². The molecule has 2 aliphatic carbocycles. The zero-order chi connectivity index (χ0) is 13.3. The molecule has 18 heavy (non-hydrogen) atoms. The van der Waals surface area contributed by atoms with E-state index in [2.05, 4.69) is 0 Å². The number of rotatable bonds is 0. The fraction of sp³-hybridized carbons (Fsp3) is 0.800. The second-order valence-corrected chi connectivity index (χ2v) is 7.97. The van der Waals surface area contributed by atoms with Crippen molar-refractivity contribution < 1.29 is 9.47 Å². The fourth-order valence-corrected chi connectivity index (χ4v) is 6.13. The van der Waals surface area contributed by atoms with E-state index in [1.54, 1.807) is 0 Å². The molecular weight excluding hydrogens is 365 g/mol. The van der Waals surface area contributed by atoms with Crippen LogP contribution in [-0.4, -0.2) is 34.1 Å². The monoisotopic (exact) mass is 370 g/mol. The molecule has 0 radical (unpaired) electrons. The first-order valence-electron chi connectivity index (χ1n) is 5.27. The molecule has 3 aliphatic rings. The number of alkyl halides is 4. The van der Waals surface area contributed by atoms with Crippen LogP contribution in [0.25, 0.3) is 0 Å². The van der Waals surface area contributed by atoms with Gasteiger partial charge in [-0.25, -0.2) is 0 Å². The molecule has 2 fully saturated rings. The van der Waals surface area contributed by atoms with Crippen molar-refractivity contribution in [3.8, 4) is 0 Å². The third kappa shape index (κ3) is 1.33. The van der Waals surface area contributed by atoms with Crippen LogP contribution in [0.1, 0.15) is 0 Å². The Morgan fingerprint density at radius 2 is 1.22 bits per heavy atom. The Labute approximate surface area is 134 Å². The Morgan fingerprint density at radius 1 is 0.833 bits per heavy atom. The molecule has 0 amide bonds. The first-order chi connectivity index (χ1) is 8.29. The Kier molecular flexibility index (Phi) is 3.35. The van der Waals surface area contributed by atoms with Crippen LogP contribution >= 0.6 is 69.6 Å². The number of hydrogen-bond acceptors (Lipinski definition) is 2. The summed E-state index contributed by atoms with van der Waals surface area (Å²) in [7, 11) is 0. The number of fused-ring (bicyclic) bond motifs is 5. The van der Waals surface area contributed by atoms with Crippen molar-refractivity contribution >= 4 is 69.6 Å². The van der Waals surface area contributed by atoms with Crippen LogP contribution in [0.15, 0.2) is 10.1 Å². The Bertz CT molecular complexity index is 402. The van der Waals surface area contributed by atoms with Gasteiger partial charge in [0.2, 0.25) is 0 Å². The highest BCUT2D eigenvalue weighted by atomic mass is 35.5. The van der Waals surface area contributed by atoms with Crippen LogP contribution in [0, 0.1) is 11.8 Å². The van der Waals surface area contributed by atoms with Crippen LogP contribution in [-0.2, 0) is 9.47 Å². The molecule has 8 heteroatoms. The highest BCUT2D eigenvalue weighted by molar-refractivity contribution is 6.65. The van der Waals surface area contributed by atoms with Gasteiger partial charge in [0.05, 0.1) is 23.3 Å². The van der Waals surface area contributed by atoms with Crippen molar-refractivity contribution in [2.75, 3.05) is 20.0 Å². The van der Waals surface area contributed by atoms with Gasteiger partial charge in [0, 0.05) is 11.8 Å². The van der Waals surface area contributed by atoms with Crippen LogP contribution in [0.5, 0.6) is 0 Å². The molecule has 1 saturated carbocycles. The van der Waals surface area contributed by atoms with Gasteiger partial charge in [-0.2, -0.15) is 0 Å². The summed E-state index contributed by atoms with van der Waals surface area (Å²) in [6.45, 7) is 0.828. The summed E-state index contributed by atoms with van der Waals surface area (Å²) in [5.74, 6) is -0.492. The standard InChI is InChI=1S/C10H8Cl6O2/c11-6-7(12)9(14)5-2-18-3-17-1-4(5)8(6,13)10(9,15)16/h4-5H,1-3H2/t4-,5-,8+,9+/m1/s1. The lowest BCUT2D eigenvalue weighted by Crippen LogP contribution is -2.45. The minimum absolute atomic E-state index is 0.180. The van der Waals surface area contributed by atoms with Crippen molar-refractivity contribution in [1.29, 1.82) is 0 Å². The van der Waals surface area contributed by atoms with Gasteiger partial charge in [0.15, 0.2) is 4.33 Å². The van der Waals surface area contributed by atoms with Crippen molar-refractivity contribution in [2.45, 2.75) is 14.1 Å². The zero-order valence-electron chi connectivity index (χ0n) is 8.86. The van der Waals surface area contributed by atoms with Crippen LogP contribution in [0.4, 0.5) is 0 Å². The van der Waals surface area contributed by atoms with Crippen LogP contribution < -0.4 is 0 Å². The van der Waals surface area contributed by atoms with Gasteiger partial charge in [0.1, 0.15) is 16.5 Å². The zero-order valence-corrected chi connectivity index (χ0v) is 13.4. The minimum Gasteiger partial charge on any atom is -0.355 e. The molecule has 4 atom stereocenters. The second-order valence-electron chi connectivity index (χ2n) is 4.70. The maximum absolute atomic E-state index is 6.61. The van der Waals surface area contributed by atoms with E-state index in [0.29, 0.717) is 13.2 Å². The van der Waals surface area contributed by atoms with Crippen molar-refractivity contribution in [3.05, 3.63) is 10.1 Å².